The van der Waals surface area contributed by atoms with Gasteiger partial charge in [0, 0.05) is 12.5 Å². The van der Waals surface area contributed by atoms with Gasteiger partial charge in [0.2, 0.25) is 0 Å². The van der Waals surface area contributed by atoms with Gasteiger partial charge in [-0.1, -0.05) is 101 Å². The Bertz CT molecular complexity index is 344. The molecular formula is C26H56O3. The number of carbonyl (C=O) groups is 1. The molecule has 3 heteroatoms. The summed E-state index contributed by atoms with van der Waals surface area (Å²) < 4.78 is 10.9. The van der Waals surface area contributed by atoms with E-state index in [-0.39, 0.29) is 11.7 Å². The molecule has 0 N–H and O–H groups in total. The van der Waals surface area contributed by atoms with Crippen molar-refractivity contribution in [2.45, 2.75) is 140 Å². The highest BCUT2D eigenvalue weighted by molar-refractivity contribution is 5.57. The Hall–Kier alpha value is -0.410. The van der Waals surface area contributed by atoms with Gasteiger partial charge in [-0.05, 0) is 37.5 Å². The van der Waals surface area contributed by atoms with Gasteiger partial charge in [-0.3, -0.25) is 0 Å². The Morgan fingerprint density at radius 1 is 0.897 bits per heavy atom. The second-order valence-electron chi connectivity index (χ2n) is 10.1. The van der Waals surface area contributed by atoms with Crippen LogP contribution in [-0.2, 0) is 14.3 Å². The summed E-state index contributed by atoms with van der Waals surface area (Å²) >= 11 is 0. The fourth-order valence-electron chi connectivity index (χ4n) is 2.34. The van der Waals surface area contributed by atoms with Crippen molar-refractivity contribution in [2.75, 3.05) is 7.11 Å². The molecular weight excluding hydrogens is 360 g/mol. The van der Waals surface area contributed by atoms with Crippen LogP contribution in [0.4, 0.5) is 0 Å². The fraction of sp³-hybridized carbons (Fsp3) is 0.962. The molecule has 3 unspecified atom stereocenters. The summed E-state index contributed by atoms with van der Waals surface area (Å²) in [6.07, 6.45) is 10.8. The van der Waals surface area contributed by atoms with Crippen LogP contribution in [-0.4, -0.2) is 25.8 Å². The molecule has 0 rings (SSSR count). The zero-order valence-electron chi connectivity index (χ0n) is 22.2. The highest BCUT2D eigenvalue weighted by atomic mass is 16.7. The van der Waals surface area contributed by atoms with Crippen LogP contribution < -0.4 is 0 Å². The Morgan fingerprint density at radius 3 is 1.69 bits per heavy atom. The van der Waals surface area contributed by atoms with Crippen LogP contribution in [0.1, 0.15) is 128 Å². The maximum absolute atomic E-state index is 10.3. The first-order chi connectivity index (χ1) is 13.3. The van der Waals surface area contributed by atoms with Crippen molar-refractivity contribution in [3.63, 3.8) is 0 Å². The third-order valence-electron chi connectivity index (χ3n) is 5.30. The molecule has 0 radical (unpaired) electrons. The summed E-state index contributed by atoms with van der Waals surface area (Å²) in [7, 11) is 1.69. The van der Waals surface area contributed by atoms with Gasteiger partial charge in [0.1, 0.15) is 6.29 Å². The number of unbranched alkanes of at least 4 members (excludes halogenated alkanes) is 2. The van der Waals surface area contributed by atoms with Crippen LogP contribution in [0, 0.1) is 16.7 Å². The molecule has 0 amide bonds. The van der Waals surface area contributed by atoms with E-state index in [1.165, 1.54) is 32.1 Å². The van der Waals surface area contributed by atoms with Crippen molar-refractivity contribution in [2.24, 2.45) is 16.7 Å². The molecule has 29 heavy (non-hydrogen) atoms. The van der Waals surface area contributed by atoms with Crippen molar-refractivity contribution in [1.29, 1.82) is 0 Å². The standard InChI is InChI=1S/C12H26O2.C8H16O.C6H14/c1-6-8-9-10(3)12(7-2)14-11(4)13-5;1-4-5-6-8(2,3)7-9;1-5-6(2,3)4/h10-12H,6-9H2,1-5H3;7H,4-6H2,1-3H3;5H2,1-4H3. The van der Waals surface area contributed by atoms with Crippen molar-refractivity contribution in [1.82, 2.24) is 0 Å². The highest BCUT2D eigenvalue weighted by Crippen LogP contribution is 2.20. The van der Waals surface area contributed by atoms with Gasteiger partial charge in [-0.15, -0.1) is 0 Å². The number of aldehydes is 1. The first kappa shape index (κ1) is 33.2. The minimum absolute atomic E-state index is 0.0796. The topological polar surface area (TPSA) is 35.5 Å². The fourth-order valence-corrected chi connectivity index (χ4v) is 2.34. The number of ether oxygens (including phenoxy) is 2. The Kier molecular flexibility index (Phi) is 22.4. The van der Waals surface area contributed by atoms with E-state index in [1.54, 1.807) is 7.11 Å². The van der Waals surface area contributed by atoms with Crippen molar-refractivity contribution < 1.29 is 14.3 Å². The van der Waals surface area contributed by atoms with Crippen LogP contribution in [0.3, 0.4) is 0 Å². The average molecular weight is 417 g/mol. The first-order valence-electron chi connectivity index (χ1n) is 12.0. The summed E-state index contributed by atoms with van der Waals surface area (Å²) in [6, 6.07) is 0. The monoisotopic (exact) mass is 416 g/mol. The van der Waals surface area contributed by atoms with E-state index in [1.807, 2.05) is 20.8 Å². The van der Waals surface area contributed by atoms with Crippen molar-refractivity contribution in [3.8, 4) is 0 Å². The Labute approximate surface area is 184 Å². The van der Waals surface area contributed by atoms with Gasteiger partial charge >= 0.3 is 0 Å². The predicted octanol–water partition coefficient (Wildman–Crippen LogP) is 8.44. The summed E-state index contributed by atoms with van der Waals surface area (Å²) in [6.45, 7) is 23.7. The molecule has 3 atom stereocenters. The normalized spacial score (nSPS) is 14.6. The molecule has 0 aromatic rings. The lowest BCUT2D eigenvalue weighted by atomic mass is 9.89. The van der Waals surface area contributed by atoms with E-state index >= 15 is 0 Å². The van der Waals surface area contributed by atoms with Crippen molar-refractivity contribution in [3.05, 3.63) is 0 Å². The molecule has 0 aromatic carbocycles. The quantitative estimate of drug-likeness (QED) is 0.236. The Balaban J connectivity index is -0.000000386. The smallest absolute Gasteiger partial charge is 0.154 e. The van der Waals surface area contributed by atoms with E-state index < -0.39 is 0 Å². The van der Waals surface area contributed by atoms with E-state index in [4.69, 9.17) is 9.47 Å². The third kappa shape index (κ3) is 25.6. The van der Waals surface area contributed by atoms with E-state index in [0.29, 0.717) is 17.4 Å². The first-order valence-corrected chi connectivity index (χ1v) is 12.0. The molecule has 0 aromatic heterocycles. The zero-order chi connectivity index (χ0) is 23.5. The molecule has 0 bridgehead atoms. The SMILES string of the molecule is CCC(C)(C)C.CCCCC(C)(C)C=O.CCCCC(C)C(CC)OC(C)OC. The molecule has 0 saturated carbocycles. The van der Waals surface area contributed by atoms with Gasteiger partial charge < -0.3 is 14.3 Å². The second-order valence-corrected chi connectivity index (χ2v) is 10.1. The molecule has 0 fully saturated rings. The average Bonchev–Trinajstić information content (AvgIpc) is 2.68. The molecule has 0 heterocycles. The lowest BCUT2D eigenvalue weighted by molar-refractivity contribution is -0.157. The zero-order valence-corrected chi connectivity index (χ0v) is 22.2. The van der Waals surface area contributed by atoms with E-state index in [9.17, 15) is 4.79 Å². The summed E-state index contributed by atoms with van der Waals surface area (Å²) in [4.78, 5) is 10.3. The van der Waals surface area contributed by atoms with Gasteiger partial charge in [-0.25, -0.2) is 0 Å². The van der Waals surface area contributed by atoms with Crippen LogP contribution in [0.2, 0.25) is 0 Å². The van der Waals surface area contributed by atoms with Crippen LogP contribution >= 0.6 is 0 Å². The summed E-state index contributed by atoms with van der Waals surface area (Å²) in [5, 5.41) is 0. The number of rotatable bonds is 12. The second kappa shape index (κ2) is 19.5. The number of methoxy groups -OCH3 is 1. The minimum atomic E-state index is -0.0873. The molecule has 178 valence electrons. The maximum Gasteiger partial charge on any atom is 0.154 e. The number of carbonyl (C=O) groups excluding carboxylic acids is 1. The molecule has 0 spiro atoms. The van der Waals surface area contributed by atoms with Gasteiger partial charge in [0.25, 0.3) is 0 Å². The summed E-state index contributed by atoms with van der Waals surface area (Å²) in [5.41, 5.74) is 0.454. The number of hydrogen-bond donors (Lipinski definition) is 0. The van der Waals surface area contributed by atoms with Crippen LogP contribution in [0.25, 0.3) is 0 Å². The van der Waals surface area contributed by atoms with E-state index in [0.717, 1.165) is 25.5 Å². The number of hydrogen-bond acceptors (Lipinski definition) is 3. The molecule has 3 nitrogen and oxygen atoms in total. The van der Waals surface area contributed by atoms with Crippen LogP contribution in [0.15, 0.2) is 0 Å². The van der Waals surface area contributed by atoms with Crippen LogP contribution in [0.5, 0.6) is 0 Å². The van der Waals surface area contributed by atoms with Gasteiger partial charge in [0.05, 0.1) is 6.10 Å². The molecule has 0 saturated heterocycles. The van der Waals surface area contributed by atoms with Gasteiger partial charge in [0.15, 0.2) is 6.29 Å². The lowest BCUT2D eigenvalue weighted by Gasteiger charge is -2.25. The molecule has 0 aliphatic heterocycles. The minimum Gasteiger partial charge on any atom is -0.356 e. The Morgan fingerprint density at radius 2 is 1.38 bits per heavy atom. The molecule has 0 aliphatic carbocycles. The highest BCUT2D eigenvalue weighted by Gasteiger charge is 2.18. The van der Waals surface area contributed by atoms with E-state index in [2.05, 4.69) is 55.4 Å². The summed E-state index contributed by atoms with van der Waals surface area (Å²) in [5.74, 6) is 0.637. The van der Waals surface area contributed by atoms with Crippen molar-refractivity contribution >= 4 is 6.29 Å². The van der Waals surface area contributed by atoms with Gasteiger partial charge in [-0.2, -0.15) is 0 Å². The molecule has 0 aliphatic rings. The largest absolute Gasteiger partial charge is 0.356 e. The third-order valence-corrected chi connectivity index (χ3v) is 5.30. The lowest BCUT2D eigenvalue weighted by Crippen LogP contribution is -2.26. The maximum atomic E-state index is 10.3. The predicted molar refractivity (Wildman–Crippen MR) is 129 cm³/mol.